The number of ether oxygens (including phenoxy) is 3. The molecule has 5 atom stereocenters. The van der Waals surface area contributed by atoms with Crippen molar-refractivity contribution in [2.24, 2.45) is 5.92 Å². The third-order valence-electron chi connectivity index (χ3n) is 13.1. The van der Waals surface area contributed by atoms with Gasteiger partial charge in [0.25, 0.3) is 5.91 Å². The number of hydrogen-bond acceptors (Lipinski definition) is 11. The number of benzene rings is 1. The molecule has 20 heteroatoms. The first-order valence-corrected chi connectivity index (χ1v) is 23.8. The topological polar surface area (TPSA) is 195 Å². The molecule has 3 fully saturated rings. The first kappa shape index (κ1) is 46.4. The van der Waals surface area contributed by atoms with E-state index in [9.17, 15) is 27.6 Å². The highest BCUT2D eigenvalue weighted by Crippen LogP contribution is 2.50. The van der Waals surface area contributed by atoms with Crippen LogP contribution in [-0.4, -0.2) is 87.2 Å². The Labute approximate surface area is 379 Å². The average molecular weight is 945 g/mol. The predicted molar refractivity (Wildman–Crippen MR) is 232 cm³/mol. The Kier molecular flexibility index (Phi) is 12.1. The molecule has 5 unspecified atom stereocenters. The standard InChI is InChI=1S/C45H52ClF3N6O9S/c1-41(2,3)64-40(59)51-31-12-9-7-5-6-8-11-26-17-20-44(26,39(58)54-65(60,61)42(4)21-22-42)53-37(56)32-24-43(25-55(32)38(31)57)19-18-28-29-23-27(62-34-14-10-13-33(46)52-34)15-16-30(29)50-36(35(28)63-43)45(47,48)49/h8,10-11,13-16,23,26,31-32H,5-7,9,12,17-22,24-25H2,1-4H3,(H,51,59)(H,53,56)(H,54,58). The number of pyridine rings is 2. The van der Waals surface area contributed by atoms with Gasteiger partial charge < -0.3 is 29.7 Å². The largest absolute Gasteiger partial charge is 0.483 e. The molecule has 4 amide bonds. The van der Waals surface area contributed by atoms with E-state index in [4.69, 9.17) is 25.8 Å². The molecule has 350 valence electrons. The van der Waals surface area contributed by atoms with Gasteiger partial charge in [0, 0.05) is 29.4 Å². The molecule has 65 heavy (non-hydrogen) atoms. The van der Waals surface area contributed by atoms with Crippen LogP contribution in [0.3, 0.4) is 0 Å². The highest BCUT2D eigenvalue weighted by molar-refractivity contribution is 7.91. The lowest BCUT2D eigenvalue weighted by Crippen LogP contribution is -2.70. The minimum absolute atomic E-state index is 0.00208. The van der Waals surface area contributed by atoms with E-state index in [0.29, 0.717) is 50.3 Å². The lowest BCUT2D eigenvalue weighted by atomic mass is 9.65. The summed E-state index contributed by atoms with van der Waals surface area (Å²) in [5.74, 6) is -3.21. The molecule has 3 N–H and O–H groups in total. The van der Waals surface area contributed by atoms with Crippen LogP contribution in [0.4, 0.5) is 18.0 Å². The first-order valence-electron chi connectivity index (χ1n) is 21.9. The zero-order valence-corrected chi connectivity index (χ0v) is 38.1. The molecule has 2 aliphatic carbocycles. The predicted octanol–water partition coefficient (Wildman–Crippen LogP) is 7.44. The van der Waals surface area contributed by atoms with Gasteiger partial charge in [-0.25, -0.2) is 23.2 Å². The molecule has 5 aliphatic rings. The minimum atomic E-state index is -4.99. The van der Waals surface area contributed by atoms with Crippen LogP contribution in [0.1, 0.15) is 110 Å². The van der Waals surface area contributed by atoms with Crippen LogP contribution < -0.4 is 24.8 Å². The van der Waals surface area contributed by atoms with Gasteiger partial charge in [0.1, 0.15) is 39.7 Å². The fourth-order valence-corrected chi connectivity index (χ4v) is 10.6. The normalized spacial score (nSPS) is 26.8. The van der Waals surface area contributed by atoms with Crippen LogP contribution in [0.5, 0.6) is 17.4 Å². The minimum Gasteiger partial charge on any atom is -0.483 e. The van der Waals surface area contributed by atoms with Crippen LogP contribution in [0.2, 0.25) is 5.15 Å². The maximum atomic E-state index is 15.0. The zero-order valence-electron chi connectivity index (χ0n) is 36.5. The van der Waals surface area contributed by atoms with E-state index in [1.54, 1.807) is 45.0 Å². The van der Waals surface area contributed by atoms with Crippen molar-refractivity contribution in [3.63, 3.8) is 0 Å². The van der Waals surface area contributed by atoms with Crippen molar-refractivity contribution >= 4 is 56.3 Å². The molecule has 0 radical (unpaired) electrons. The number of amides is 4. The Morgan fingerprint density at radius 1 is 1.02 bits per heavy atom. The van der Waals surface area contributed by atoms with Crippen molar-refractivity contribution in [1.82, 2.24) is 30.2 Å². The summed E-state index contributed by atoms with van der Waals surface area (Å²) in [7, 11) is -4.13. The van der Waals surface area contributed by atoms with Gasteiger partial charge in [0.15, 0.2) is 11.4 Å². The molecular formula is C45H52ClF3N6O9S. The summed E-state index contributed by atoms with van der Waals surface area (Å²) >= 11 is 6.04. The highest BCUT2D eigenvalue weighted by Gasteiger charge is 2.60. The molecule has 1 spiro atoms. The summed E-state index contributed by atoms with van der Waals surface area (Å²) in [6.45, 7) is 6.15. The SMILES string of the molecule is CC(C)(C)OC(=O)NC1CCCCCC=CC2CCC2(C(=O)NS(=O)(=O)C2(C)CC2)NC(=O)C2CC3(CCc4c(c(C(F)(F)F)nc5ccc(Oc6cccc(Cl)n6)cc45)O3)CN2C1=O. The Bertz CT molecular complexity index is 2570. The van der Waals surface area contributed by atoms with Crippen molar-refractivity contribution in [3.05, 3.63) is 65.0 Å². The summed E-state index contributed by atoms with van der Waals surface area (Å²) in [6.07, 6.45) is 1.38. The number of hydrogen-bond donors (Lipinski definition) is 3. The average Bonchev–Trinajstić information content (AvgIpc) is 3.88. The Hall–Kier alpha value is -5.17. The van der Waals surface area contributed by atoms with Crippen molar-refractivity contribution in [1.29, 1.82) is 0 Å². The van der Waals surface area contributed by atoms with E-state index >= 15 is 13.2 Å². The van der Waals surface area contributed by atoms with Crippen LogP contribution in [0.25, 0.3) is 10.9 Å². The van der Waals surface area contributed by atoms with Crippen molar-refractivity contribution in [2.45, 2.75) is 144 Å². The molecule has 15 nitrogen and oxygen atoms in total. The van der Waals surface area contributed by atoms with Gasteiger partial charge in [0.05, 0.1) is 16.8 Å². The number of nitrogens with zero attached hydrogens (tertiary/aromatic N) is 3. The van der Waals surface area contributed by atoms with Crippen LogP contribution in [0.15, 0.2) is 48.6 Å². The second kappa shape index (κ2) is 16.9. The number of halogens is 4. The number of allylic oxidation sites excluding steroid dienone is 1. The second-order valence-electron chi connectivity index (χ2n) is 19.1. The summed E-state index contributed by atoms with van der Waals surface area (Å²) in [6, 6.07) is 6.50. The number of rotatable bonds is 6. The Morgan fingerprint density at radius 2 is 1.78 bits per heavy atom. The van der Waals surface area contributed by atoms with Crippen LogP contribution >= 0.6 is 11.6 Å². The van der Waals surface area contributed by atoms with Gasteiger partial charge in [-0.3, -0.25) is 19.1 Å². The van der Waals surface area contributed by atoms with Crippen molar-refractivity contribution < 1.29 is 55.0 Å². The fourth-order valence-electron chi connectivity index (χ4n) is 9.15. The Balaban J connectivity index is 1.18. The zero-order chi connectivity index (χ0) is 46.7. The van der Waals surface area contributed by atoms with E-state index in [1.807, 2.05) is 6.08 Å². The second-order valence-corrected chi connectivity index (χ2v) is 21.7. The summed E-state index contributed by atoms with van der Waals surface area (Å²) in [4.78, 5) is 66.6. The first-order chi connectivity index (χ1) is 30.5. The fraction of sp³-hybridized carbons (Fsp3) is 0.556. The smallest absolute Gasteiger partial charge is 0.437 e. The van der Waals surface area contributed by atoms with Gasteiger partial charge >= 0.3 is 12.3 Å². The van der Waals surface area contributed by atoms with Gasteiger partial charge in [-0.15, -0.1) is 0 Å². The molecule has 5 heterocycles. The van der Waals surface area contributed by atoms with Gasteiger partial charge in [-0.05, 0) is 110 Å². The molecule has 3 aliphatic heterocycles. The number of sulfonamides is 1. The molecule has 3 aromatic rings. The molecule has 2 aromatic heterocycles. The van der Waals surface area contributed by atoms with E-state index in [1.165, 1.54) is 30.0 Å². The summed E-state index contributed by atoms with van der Waals surface area (Å²) in [5, 5.41) is 6.02. The van der Waals surface area contributed by atoms with E-state index in [0.717, 1.165) is 0 Å². The molecule has 0 bridgehead atoms. The number of alkyl carbamates (subject to hydrolysis) is 1. The molecule has 1 saturated heterocycles. The van der Waals surface area contributed by atoms with Crippen molar-refractivity contribution in [2.75, 3.05) is 6.54 Å². The molecule has 8 rings (SSSR count). The number of carbonyl (C=O) groups excluding carboxylic acids is 4. The molecular weight excluding hydrogens is 893 g/mol. The third kappa shape index (κ3) is 9.45. The number of aromatic nitrogens is 2. The maximum Gasteiger partial charge on any atom is 0.437 e. The molecule has 2 saturated carbocycles. The Morgan fingerprint density at radius 3 is 2.46 bits per heavy atom. The van der Waals surface area contributed by atoms with E-state index in [2.05, 4.69) is 25.3 Å². The quantitative estimate of drug-likeness (QED) is 0.164. The number of carbonyl (C=O) groups is 4. The van der Waals surface area contributed by atoms with Gasteiger partial charge in [-0.1, -0.05) is 42.7 Å². The van der Waals surface area contributed by atoms with Crippen LogP contribution in [0, 0.1) is 5.92 Å². The van der Waals surface area contributed by atoms with Gasteiger partial charge in [-0.2, -0.15) is 13.2 Å². The number of fused-ring (bicyclic) bond motifs is 5. The summed E-state index contributed by atoms with van der Waals surface area (Å²) in [5.41, 5.74) is -5.31. The van der Waals surface area contributed by atoms with Crippen molar-refractivity contribution in [3.8, 4) is 17.4 Å². The van der Waals surface area contributed by atoms with E-state index in [-0.39, 0.29) is 66.5 Å². The van der Waals surface area contributed by atoms with E-state index < -0.39 is 90.9 Å². The summed E-state index contributed by atoms with van der Waals surface area (Å²) < 4.78 is 90.8. The highest BCUT2D eigenvalue weighted by atomic mass is 35.5. The number of aryl methyl sites for hydroxylation is 1. The lowest BCUT2D eigenvalue weighted by Gasteiger charge is -2.48. The monoisotopic (exact) mass is 944 g/mol. The third-order valence-corrected chi connectivity index (χ3v) is 15.5. The van der Waals surface area contributed by atoms with Gasteiger partial charge in [0.2, 0.25) is 27.7 Å². The molecule has 1 aromatic carbocycles. The lowest BCUT2D eigenvalue weighted by molar-refractivity contribution is -0.145. The van der Waals surface area contributed by atoms with Crippen LogP contribution in [-0.2, 0) is 41.7 Å². The maximum absolute atomic E-state index is 15.0. The number of alkyl halides is 3. The number of nitrogens with one attached hydrogen (secondary N) is 3.